The molecule has 0 aliphatic carbocycles. The Morgan fingerprint density at radius 1 is 1.16 bits per heavy atom. The number of benzene rings is 1. The van der Waals surface area contributed by atoms with Crippen LogP contribution in [0.5, 0.6) is 0 Å². The Balaban J connectivity index is 2.30. The molecule has 0 aliphatic heterocycles. The average Bonchev–Trinajstić information content (AvgIpc) is 2.38. The fraction of sp³-hybridized carbons (Fsp3) is 0.167. The van der Waals surface area contributed by atoms with Crippen LogP contribution in [0, 0.1) is 0 Å². The highest BCUT2D eigenvalue weighted by atomic mass is 32.2. The quantitative estimate of drug-likeness (QED) is 0.880. The smallest absolute Gasteiger partial charge is 0.326 e. The minimum Gasteiger partial charge on any atom is -0.326 e. The minimum absolute atomic E-state index is 0.0634. The normalized spacial score (nSPS) is 11.6. The number of hydrogen-bond acceptors (Lipinski definition) is 4. The van der Waals surface area contributed by atoms with Gasteiger partial charge in [0, 0.05) is 23.8 Å². The molecule has 2 rings (SSSR count). The fourth-order valence-corrected chi connectivity index (χ4v) is 2.30. The third-order valence-electron chi connectivity index (χ3n) is 2.35. The van der Waals surface area contributed by atoms with Crippen LogP contribution in [0.15, 0.2) is 46.7 Å². The van der Waals surface area contributed by atoms with Gasteiger partial charge in [-0.3, -0.25) is 0 Å². The van der Waals surface area contributed by atoms with Gasteiger partial charge in [0.25, 0.3) is 0 Å². The predicted molar refractivity (Wildman–Crippen MR) is 65.5 cm³/mol. The van der Waals surface area contributed by atoms with Gasteiger partial charge in [0.2, 0.25) is 0 Å². The van der Waals surface area contributed by atoms with Gasteiger partial charge in [-0.2, -0.15) is 13.2 Å². The lowest BCUT2D eigenvalue weighted by Gasteiger charge is -2.12. The van der Waals surface area contributed by atoms with Crippen LogP contribution in [-0.4, -0.2) is 9.97 Å². The first kappa shape index (κ1) is 13.8. The topological polar surface area (TPSA) is 51.8 Å². The standard InChI is InChI=1S/C12H10F3N3S/c13-12(14,15)10-3-2-9(6-8(10)7-16)19-11-17-4-1-5-18-11/h1-6H,7,16H2. The van der Waals surface area contributed by atoms with Gasteiger partial charge in [0.1, 0.15) is 0 Å². The summed E-state index contributed by atoms with van der Waals surface area (Å²) in [6.45, 7) is -0.168. The summed E-state index contributed by atoms with van der Waals surface area (Å²) in [4.78, 5) is 8.62. The lowest BCUT2D eigenvalue weighted by molar-refractivity contribution is -0.138. The van der Waals surface area contributed by atoms with Crippen LogP contribution in [0.2, 0.25) is 0 Å². The van der Waals surface area contributed by atoms with Crippen LogP contribution >= 0.6 is 11.8 Å². The van der Waals surface area contributed by atoms with E-state index in [0.29, 0.717) is 10.1 Å². The van der Waals surface area contributed by atoms with Crippen molar-refractivity contribution in [3.63, 3.8) is 0 Å². The number of alkyl halides is 3. The highest BCUT2D eigenvalue weighted by Gasteiger charge is 2.32. The van der Waals surface area contributed by atoms with Crippen molar-refractivity contribution in [2.45, 2.75) is 22.8 Å². The molecule has 0 radical (unpaired) electrons. The monoisotopic (exact) mass is 285 g/mol. The van der Waals surface area contributed by atoms with Crippen molar-refractivity contribution in [3.05, 3.63) is 47.8 Å². The molecule has 3 nitrogen and oxygen atoms in total. The van der Waals surface area contributed by atoms with Crippen molar-refractivity contribution in [1.82, 2.24) is 9.97 Å². The van der Waals surface area contributed by atoms with Gasteiger partial charge in [-0.1, -0.05) is 0 Å². The number of hydrogen-bond donors (Lipinski definition) is 1. The zero-order chi connectivity index (χ0) is 13.9. The maximum atomic E-state index is 12.7. The molecule has 1 aromatic heterocycles. The first-order valence-corrected chi connectivity index (χ1v) is 6.17. The lowest BCUT2D eigenvalue weighted by atomic mass is 10.1. The zero-order valence-electron chi connectivity index (χ0n) is 9.69. The molecule has 0 amide bonds. The molecule has 2 N–H and O–H groups in total. The van der Waals surface area contributed by atoms with Gasteiger partial charge in [0.15, 0.2) is 5.16 Å². The van der Waals surface area contributed by atoms with Crippen LogP contribution in [-0.2, 0) is 12.7 Å². The molecule has 1 aromatic carbocycles. The second-order valence-corrected chi connectivity index (χ2v) is 4.69. The summed E-state index contributed by atoms with van der Waals surface area (Å²) in [7, 11) is 0. The molecule has 7 heteroatoms. The number of halogens is 3. The third-order valence-corrected chi connectivity index (χ3v) is 3.24. The summed E-state index contributed by atoms with van der Waals surface area (Å²) >= 11 is 1.19. The SMILES string of the molecule is NCc1cc(Sc2ncccn2)ccc1C(F)(F)F. The highest BCUT2D eigenvalue weighted by molar-refractivity contribution is 7.99. The number of aromatic nitrogens is 2. The molecule has 0 bridgehead atoms. The van der Waals surface area contributed by atoms with Gasteiger partial charge in [-0.05, 0) is 41.6 Å². The molecule has 0 saturated heterocycles. The maximum absolute atomic E-state index is 12.7. The van der Waals surface area contributed by atoms with E-state index in [2.05, 4.69) is 9.97 Å². The largest absolute Gasteiger partial charge is 0.416 e. The Morgan fingerprint density at radius 2 is 1.84 bits per heavy atom. The van der Waals surface area contributed by atoms with E-state index >= 15 is 0 Å². The van der Waals surface area contributed by atoms with Crippen LogP contribution in [0.3, 0.4) is 0 Å². The van der Waals surface area contributed by atoms with Gasteiger partial charge in [-0.25, -0.2) is 9.97 Å². The van der Waals surface area contributed by atoms with E-state index in [9.17, 15) is 13.2 Å². The van der Waals surface area contributed by atoms with Gasteiger partial charge in [0.05, 0.1) is 5.56 Å². The van der Waals surface area contributed by atoms with Crippen molar-refractivity contribution < 1.29 is 13.2 Å². The van der Waals surface area contributed by atoms with E-state index in [1.807, 2.05) is 0 Å². The zero-order valence-corrected chi connectivity index (χ0v) is 10.5. The molecule has 0 saturated carbocycles. The molecular weight excluding hydrogens is 275 g/mol. The molecule has 19 heavy (non-hydrogen) atoms. The van der Waals surface area contributed by atoms with E-state index in [1.165, 1.54) is 23.9 Å². The van der Waals surface area contributed by atoms with Crippen LogP contribution < -0.4 is 5.73 Å². The van der Waals surface area contributed by atoms with Crippen molar-refractivity contribution in [1.29, 1.82) is 0 Å². The van der Waals surface area contributed by atoms with Crippen molar-refractivity contribution in [2.24, 2.45) is 5.73 Å². The second kappa shape index (κ2) is 5.58. The van der Waals surface area contributed by atoms with Crippen LogP contribution in [0.25, 0.3) is 0 Å². The van der Waals surface area contributed by atoms with Crippen molar-refractivity contribution >= 4 is 11.8 Å². The van der Waals surface area contributed by atoms with Gasteiger partial charge in [-0.15, -0.1) is 0 Å². The molecule has 100 valence electrons. The highest BCUT2D eigenvalue weighted by Crippen LogP contribution is 2.34. The molecule has 0 aliphatic rings. The molecular formula is C12H10F3N3S. The van der Waals surface area contributed by atoms with Crippen molar-refractivity contribution in [3.8, 4) is 0 Å². The van der Waals surface area contributed by atoms with Crippen LogP contribution in [0.1, 0.15) is 11.1 Å². The van der Waals surface area contributed by atoms with Crippen molar-refractivity contribution in [2.75, 3.05) is 0 Å². The molecule has 0 unspecified atom stereocenters. The molecule has 0 atom stereocenters. The number of nitrogens with two attached hydrogens (primary N) is 1. The summed E-state index contributed by atoms with van der Waals surface area (Å²) in [6, 6.07) is 5.52. The molecule has 0 fully saturated rings. The molecule has 1 heterocycles. The van der Waals surface area contributed by atoms with E-state index in [4.69, 9.17) is 5.73 Å². The predicted octanol–water partition coefficient (Wildman–Crippen LogP) is 3.11. The summed E-state index contributed by atoms with van der Waals surface area (Å²) in [5.41, 5.74) is 4.73. The van der Waals surface area contributed by atoms with Gasteiger partial charge < -0.3 is 5.73 Å². The Bertz CT molecular complexity index is 558. The summed E-state index contributed by atoms with van der Waals surface area (Å²) in [5, 5.41) is 0.477. The summed E-state index contributed by atoms with van der Waals surface area (Å²) in [5.74, 6) is 0. The summed E-state index contributed by atoms with van der Waals surface area (Å²) < 4.78 is 38.1. The van der Waals surface area contributed by atoms with E-state index in [1.54, 1.807) is 18.5 Å². The lowest BCUT2D eigenvalue weighted by Crippen LogP contribution is -2.11. The first-order valence-electron chi connectivity index (χ1n) is 5.36. The van der Waals surface area contributed by atoms with Gasteiger partial charge >= 0.3 is 6.18 Å². The minimum atomic E-state index is -4.39. The van der Waals surface area contributed by atoms with E-state index < -0.39 is 11.7 Å². The Morgan fingerprint density at radius 3 is 2.42 bits per heavy atom. The number of nitrogens with zero attached hydrogens (tertiary/aromatic N) is 2. The third kappa shape index (κ3) is 3.45. The molecule has 2 aromatic rings. The first-order chi connectivity index (χ1) is 9.00. The summed E-state index contributed by atoms with van der Waals surface area (Å²) in [6.07, 6.45) is -1.24. The fourth-order valence-electron chi connectivity index (χ4n) is 1.52. The molecule has 0 spiro atoms. The average molecular weight is 285 g/mol. The Labute approximate surface area is 112 Å². The van der Waals surface area contributed by atoms with E-state index in [-0.39, 0.29) is 12.1 Å². The maximum Gasteiger partial charge on any atom is 0.416 e. The van der Waals surface area contributed by atoms with E-state index in [0.717, 1.165) is 6.07 Å². The second-order valence-electron chi connectivity index (χ2n) is 3.65. The number of rotatable bonds is 3. The Hall–Kier alpha value is -1.60. The Kier molecular flexibility index (Phi) is 4.06. The van der Waals surface area contributed by atoms with Crippen LogP contribution in [0.4, 0.5) is 13.2 Å².